The standard InChI is InChI=1S/C12H10Br2OS/c13-7-9-3-1-5-11(14)12(9)15-8-10-4-2-6-16-10/h1-6H,7-8H2. The van der Waals surface area contributed by atoms with Crippen LogP contribution in [0.3, 0.4) is 0 Å². The molecule has 84 valence electrons. The minimum atomic E-state index is 0.625. The van der Waals surface area contributed by atoms with Gasteiger partial charge in [-0.3, -0.25) is 0 Å². The molecule has 0 aliphatic rings. The second kappa shape index (κ2) is 5.84. The molecule has 16 heavy (non-hydrogen) atoms. The van der Waals surface area contributed by atoms with E-state index in [-0.39, 0.29) is 0 Å². The fourth-order valence-corrected chi connectivity index (χ4v) is 2.94. The third-order valence-corrected chi connectivity index (χ3v) is 4.21. The highest BCUT2D eigenvalue weighted by Crippen LogP contribution is 2.31. The molecular weight excluding hydrogens is 352 g/mol. The summed E-state index contributed by atoms with van der Waals surface area (Å²) in [5.74, 6) is 0.924. The molecule has 0 aliphatic heterocycles. The lowest BCUT2D eigenvalue weighted by atomic mass is 10.2. The van der Waals surface area contributed by atoms with Gasteiger partial charge in [0.15, 0.2) is 0 Å². The summed E-state index contributed by atoms with van der Waals surface area (Å²) in [5.41, 5.74) is 1.16. The van der Waals surface area contributed by atoms with Crippen LogP contribution in [0.15, 0.2) is 40.2 Å². The Bertz CT molecular complexity index is 454. The van der Waals surface area contributed by atoms with Gasteiger partial charge < -0.3 is 4.74 Å². The Morgan fingerprint density at radius 1 is 1.19 bits per heavy atom. The predicted octanol–water partition coefficient (Wildman–Crippen LogP) is 4.98. The van der Waals surface area contributed by atoms with Crippen molar-refractivity contribution < 1.29 is 4.74 Å². The maximum atomic E-state index is 5.84. The normalized spacial score (nSPS) is 10.4. The van der Waals surface area contributed by atoms with Crippen LogP contribution < -0.4 is 4.74 Å². The van der Waals surface area contributed by atoms with Gasteiger partial charge in [-0.1, -0.05) is 34.1 Å². The van der Waals surface area contributed by atoms with Crippen molar-refractivity contribution in [3.63, 3.8) is 0 Å². The monoisotopic (exact) mass is 360 g/mol. The van der Waals surface area contributed by atoms with Gasteiger partial charge in [0, 0.05) is 15.8 Å². The van der Waals surface area contributed by atoms with Crippen molar-refractivity contribution in [2.75, 3.05) is 0 Å². The van der Waals surface area contributed by atoms with Crippen LogP contribution in [-0.2, 0) is 11.9 Å². The number of rotatable bonds is 4. The van der Waals surface area contributed by atoms with E-state index >= 15 is 0 Å². The van der Waals surface area contributed by atoms with Crippen LogP contribution in [0.4, 0.5) is 0 Å². The van der Waals surface area contributed by atoms with Crippen LogP contribution in [-0.4, -0.2) is 0 Å². The first-order valence-corrected chi connectivity index (χ1v) is 7.59. The van der Waals surface area contributed by atoms with Gasteiger partial charge in [-0.25, -0.2) is 0 Å². The van der Waals surface area contributed by atoms with Gasteiger partial charge in [0.25, 0.3) is 0 Å². The molecule has 0 fully saturated rings. The summed E-state index contributed by atoms with van der Waals surface area (Å²) >= 11 is 8.68. The number of alkyl halides is 1. The van der Waals surface area contributed by atoms with Crippen molar-refractivity contribution in [2.45, 2.75) is 11.9 Å². The lowest BCUT2D eigenvalue weighted by molar-refractivity contribution is 0.305. The van der Waals surface area contributed by atoms with E-state index in [4.69, 9.17) is 4.74 Å². The first-order chi connectivity index (χ1) is 7.81. The fraction of sp³-hybridized carbons (Fsp3) is 0.167. The Morgan fingerprint density at radius 2 is 2.06 bits per heavy atom. The zero-order valence-electron chi connectivity index (χ0n) is 8.45. The Morgan fingerprint density at radius 3 is 2.75 bits per heavy atom. The lowest BCUT2D eigenvalue weighted by Gasteiger charge is -2.10. The number of hydrogen-bond donors (Lipinski definition) is 0. The van der Waals surface area contributed by atoms with Gasteiger partial charge in [-0.15, -0.1) is 11.3 Å². The molecule has 0 radical (unpaired) electrons. The average Bonchev–Trinajstić information content (AvgIpc) is 2.80. The third-order valence-electron chi connectivity index (χ3n) is 2.13. The van der Waals surface area contributed by atoms with E-state index in [1.807, 2.05) is 18.2 Å². The molecule has 1 nitrogen and oxygen atoms in total. The van der Waals surface area contributed by atoms with Crippen LogP contribution in [0.5, 0.6) is 5.75 Å². The number of benzene rings is 1. The second-order valence-electron chi connectivity index (χ2n) is 3.23. The van der Waals surface area contributed by atoms with E-state index in [1.54, 1.807) is 11.3 Å². The summed E-state index contributed by atoms with van der Waals surface area (Å²) in [6, 6.07) is 10.2. The van der Waals surface area contributed by atoms with E-state index in [2.05, 4.69) is 49.4 Å². The van der Waals surface area contributed by atoms with E-state index in [9.17, 15) is 0 Å². The minimum Gasteiger partial charge on any atom is -0.487 e. The summed E-state index contributed by atoms with van der Waals surface area (Å²) in [5, 5.41) is 2.86. The number of thiophene rings is 1. The molecule has 0 saturated carbocycles. The van der Waals surface area contributed by atoms with E-state index in [0.29, 0.717) is 6.61 Å². The summed E-state index contributed by atoms with van der Waals surface area (Å²) in [6.07, 6.45) is 0. The molecule has 0 bridgehead atoms. The molecule has 0 spiro atoms. The molecule has 1 heterocycles. The van der Waals surface area contributed by atoms with Gasteiger partial charge >= 0.3 is 0 Å². The molecule has 4 heteroatoms. The van der Waals surface area contributed by atoms with Crippen LogP contribution in [0, 0.1) is 0 Å². The predicted molar refractivity (Wildman–Crippen MR) is 75.4 cm³/mol. The van der Waals surface area contributed by atoms with Crippen molar-refractivity contribution >= 4 is 43.2 Å². The van der Waals surface area contributed by atoms with Crippen LogP contribution in [0.25, 0.3) is 0 Å². The van der Waals surface area contributed by atoms with Crippen LogP contribution in [0.2, 0.25) is 0 Å². The molecule has 0 aliphatic carbocycles. The van der Waals surface area contributed by atoms with Crippen molar-refractivity contribution in [1.29, 1.82) is 0 Å². The lowest BCUT2D eigenvalue weighted by Crippen LogP contribution is -1.96. The maximum absolute atomic E-state index is 5.84. The molecule has 0 amide bonds. The Balaban J connectivity index is 2.14. The number of hydrogen-bond acceptors (Lipinski definition) is 2. The van der Waals surface area contributed by atoms with Gasteiger partial charge in [-0.05, 0) is 33.4 Å². The second-order valence-corrected chi connectivity index (χ2v) is 5.68. The summed E-state index contributed by atoms with van der Waals surface area (Å²) < 4.78 is 6.84. The van der Waals surface area contributed by atoms with Crippen molar-refractivity contribution in [1.82, 2.24) is 0 Å². The Hall–Kier alpha value is -0.320. The quantitative estimate of drug-likeness (QED) is 0.697. The molecule has 0 saturated heterocycles. The molecular formula is C12H10Br2OS. The average molecular weight is 362 g/mol. The minimum absolute atomic E-state index is 0.625. The third kappa shape index (κ3) is 2.87. The van der Waals surface area contributed by atoms with Crippen LogP contribution >= 0.6 is 43.2 Å². The van der Waals surface area contributed by atoms with Gasteiger partial charge in [0.1, 0.15) is 12.4 Å². The molecule has 1 aromatic heterocycles. The van der Waals surface area contributed by atoms with Gasteiger partial charge in [-0.2, -0.15) is 0 Å². The number of para-hydroxylation sites is 1. The zero-order chi connectivity index (χ0) is 11.4. The number of halogens is 2. The van der Waals surface area contributed by atoms with E-state index in [0.717, 1.165) is 21.1 Å². The van der Waals surface area contributed by atoms with Crippen molar-refractivity contribution in [3.05, 3.63) is 50.6 Å². The zero-order valence-corrected chi connectivity index (χ0v) is 12.4. The fourth-order valence-electron chi connectivity index (χ4n) is 1.36. The van der Waals surface area contributed by atoms with Crippen molar-refractivity contribution in [3.8, 4) is 5.75 Å². The van der Waals surface area contributed by atoms with Crippen LogP contribution in [0.1, 0.15) is 10.4 Å². The van der Waals surface area contributed by atoms with Gasteiger partial charge in [0.2, 0.25) is 0 Å². The molecule has 0 atom stereocenters. The SMILES string of the molecule is BrCc1cccc(Br)c1OCc1cccs1. The van der Waals surface area contributed by atoms with E-state index < -0.39 is 0 Å². The smallest absolute Gasteiger partial charge is 0.138 e. The topological polar surface area (TPSA) is 9.23 Å². The van der Waals surface area contributed by atoms with Gasteiger partial charge in [0.05, 0.1) is 4.47 Å². The Labute approximate surface area is 116 Å². The van der Waals surface area contributed by atoms with Crippen molar-refractivity contribution in [2.24, 2.45) is 0 Å². The maximum Gasteiger partial charge on any atom is 0.138 e. The Kier molecular flexibility index (Phi) is 4.44. The first-order valence-electron chi connectivity index (χ1n) is 4.80. The number of ether oxygens (including phenoxy) is 1. The molecule has 0 unspecified atom stereocenters. The highest BCUT2D eigenvalue weighted by molar-refractivity contribution is 9.10. The highest BCUT2D eigenvalue weighted by atomic mass is 79.9. The molecule has 0 N–H and O–H groups in total. The molecule has 2 rings (SSSR count). The van der Waals surface area contributed by atoms with E-state index in [1.165, 1.54) is 4.88 Å². The molecule has 2 aromatic rings. The summed E-state index contributed by atoms with van der Waals surface area (Å²) in [4.78, 5) is 1.23. The summed E-state index contributed by atoms with van der Waals surface area (Å²) in [6.45, 7) is 0.625. The summed E-state index contributed by atoms with van der Waals surface area (Å²) in [7, 11) is 0. The first kappa shape index (κ1) is 12.1. The largest absolute Gasteiger partial charge is 0.487 e. The molecule has 1 aromatic carbocycles. The highest BCUT2D eigenvalue weighted by Gasteiger charge is 2.07.